The van der Waals surface area contributed by atoms with Crippen molar-refractivity contribution in [2.75, 3.05) is 13.1 Å². The summed E-state index contributed by atoms with van der Waals surface area (Å²) in [5.41, 5.74) is 0. The van der Waals surface area contributed by atoms with Crippen LogP contribution < -0.4 is 10.6 Å². The number of urea groups is 1. The monoisotopic (exact) mass is 244 g/mol. The maximum Gasteiger partial charge on any atom is 0.334 e. The lowest BCUT2D eigenvalue weighted by Crippen LogP contribution is -2.42. The summed E-state index contributed by atoms with van der Waals surface area (Å²) in [6, 6.07) is -0.579. The van der Waals surface area contributed by atoms with E-state index in [4.69, 9.17) is 14.7 Å². The standard InChI is InChI=1S/C8H12N4O5/c13-5(7(14)15)3-10-8(16)9-2-1-6-11-4-12-17-6/h4-5,13H,1-3H2,(H,14,15)(H2,9,10,16)/t5-/m0/s1. The number of rotatable bonds is 6. The molecule has 0 fully saturated rings. The van der Waals surface area contributed by atoms with Crippen LogP contribution in [0.1, 0.15) is 5.89 Å². The molecular formula is C8H12N4O5. The summed E-state index contributed by atoms with van der Waals surface area (Å²) in [6.45, 7) is -0.0983. The zero-order valence-electron chi connectivity index (χ0n) is 8.79. The molecule has 9 nitrogen and oxygen atoms in total. The van der Waals surface area contributed by atoms with Gasteiger partial charge < -0.3 is 25.4 Å². The molecule has 0 aromatic carbocycles. The maximum absolute atomic E-state index is 11.1. The van der Waals surface area contributed by atoms with Gasteiger partial charge in [0.25, 0.3) is 0 Å². The van der Waals surface area contributed by atoms with Gasteiger partial charge in [-0.25, -0.2) is 9.59 Å². The van der Waals surface area contributed by atoms with E-state index in [1.807, 2.05) is 0 Å². The van der Waals surface area contributed by atoms with Gasteiger partial charge in [-0.05, 0) is 0 Å². The molecule has 0 radical (unpaired) electrons. The third kappa shape index (κ3) is 4.93. The minimum atomic E-state index is -1.61. The predicted octanol–water partition coefficient (Wildman–Crippen LogP) is -1.64. The van der Waals surface area contributed by atoms with E-state index in [1.165, 1.54) is 6.33 Å². The van der Waals surface area contributed by atoms with Crippen LogP contribution in [0.3, 0.4) is 0 Å². The number of hydrogen-bond acceptors (Lipinski definition) is 6. The molecule has 1 heterocycles. The molecule has 4 N–H and O–H groups in total. The molecular weight excluding hydrogens is 232 g/mol. The van der Waals surface area contributed by atoms with Crippen molar-refractivity contribution in [2.45, 2.75) is 12.5 Å². The normalized spacial score (nSPS) is 11.8. The van der Waals surface area contributed by atoms with Crippen LogP contribution in [0.5, 0.6) is 0 Å². The number of aliphatic hydroxyl groups excluding tert-OH is 1. The number of amides is 2. The summed E-state index contributed by atoms with van der Waals surface area (Å²) in [5.74, 6) is -1.01. The number of carbonyl (C=O) groups is 2. The first-order valence-corrected chi connectivity index (χ1v) is 4.77. The Morgan fingerprint density at radius 1 is 1.47 bits per heavy atom. The summed E-state index contributed by atoms with van der Waals surface area (Å²) < 4.78 is 4.69. The molecule has 0 saturated carbocycles. The fourth-order valence-corrected chi connectivity index (χ4v) is 0.928. The summed E-state index contributed by atoms with van der Waals surface area (Å²) >= 11 is 0. The number of aliphatic hydroxyl groups is 1. The fraction of sp³-hybridized carbons (Fsp3) is 0.500. The number of aliphatic carboxylic acids is 1. The Bertz CT molecular complexity index is 366. The van der Waals surface area contributed by atoms with E-state index >= 15 is 0 Å². The summed E-state index contributed by atoms with van der Waals surface area (Å²) in [4.78, 5) is 25.1. The molecule has 0 aliphatic rings. The van der Waals surface area contributed by atoms with Gasteiger partial charge in [0.2, 0.25) is 5.89 Å². The van der Waals surface area contributed by atoms with Crippen molar-refractivity contribution in [3.63, 3.8) is 0 Å². The highest BCUT2D eigenvalue weighted by molar-refractivity contribution is 5.76. The first kappa shape index (κ1) is 12.9. The zero-order valence-corrected chi connectivity index (χ0v) is 8.79. The van der Waals surface area contributed by atoms with Crippen molar-refractivity contribution in [2.24, 2.45) is 0 Å². The Kier molecular flexibility index (Phi) is 4.88. The summed E-state index contributed by atoms with van der Waals surface area (Å²) in [6.07, 6.45) is 0.00440. The quantitative estimate of drug-likeness (QED) is 0.470. The van der Waals surface area contributed by atoms with Gasteiger partial charge in [0.15, 0.2) is 12.4 Å². The number of hydrogen-bond donors (Lipinski definition) is 4. The second-order valence-electron chi connectivity index (χ2n) is 3.08. The zero-order chi connectivity index (χ0) is 12.7. The molecule has 9 heteroatoms. The molecule has 17 heavy (non-hydrogen) atoms. The second-order valence-corrected chi connectivity index (χ2v) is 3.08. The van der Waals surface area contributed by atoms with Crippen molar-refractivity contribution in [1.82, 2.24) is 20.8 Å². The van der Waals surface area contributed by atoms with Crippen LogP contribution in [-0.2, 0) is 11.2 Å². The molecule has 0 aliphatic heterocycles. The molecule has 0 bridgehead atoms. The van der Waals surface area contributed by atoms with Gasteiger partial charge in [-0.15, -0.1) is 0 Å². The SMILES string of the molecule is O=C(NCCc1ncno1)NC[C@H](O)C(=O)O. The lowest BCUT2D eigenvalue weighted by atomic mass is 10.3. The van der Waals surface area contributed by atoms with Crippen molar-refractivity contribution in [3.05, 3.63) is 12.2 Å². The average molecular weight is 244 g/mol. The highest BCUT2D eigenvalue weighted by Gasteiger charge is 2.13. The molecule has 0 spiro atoms. The Morgan fingerprint density at radius 2 is 2.24 bits per heavy atom. The van der Waals surface area contributed by atoms with E-state index in [1.54, 1.807) is 0 Å². The van der Waals surface area contributed by atoms with Crippen LogP contribution in [0.15, 0.2) is 10.9 Å². The van der Waals surface area contributed by atoms with E-state index in [0.29, 0.717) is 12.3 Å². The van der Waals surface area contributed by atoms with Crippen LogP contribution >= 0.6 is 0 Å². The third-order valence-corrected chi connectivity index (χ3v) is 1.77. The van der Waals surface area contributed by atoms with Crippen LogP contribution in [0, 0.1) is 0 Å². The molecule has 94 valence electrons. The van der Waals surface area contributed by atoms with E-state index in [0.717, 1.165) is 0 Å². The molecule has 2 amide bonds. The fourth-order valence-electron chi connectivity index (χ4n) is 0.928. The number of aromatic nitrogens is 2. The van der Waals surface area contributed by atoms with Gasteiger partial charge in [-0.3, -0.25) is 0 Å². The van der Waals surface area contributed by atoms with Crippen molar-refractivity contribution in [1.29, 1.82) is 0 Å². The van der Waals surface area contributed by atoms with Gasteiger partial charge in [0.05, 0.1) is 6.54 Å². The molecule has 1 atom stereocenters. The Morgan fingerprint density at radius 3 is 2.82 bits per heavy atom. The topological polar surface area (TPSA) is 138 Å². The summed E-state index contributed by atoms with van der Waals surface area (Å²) in [7, 11) is 0. The highest BCUT2D eigenvalue weighted by atomic mass is 16.5. The minimum Gasteiger partial charge on any atom is -0.479 e. The minimum absolute atomic E-state index is 0.261. The van der Waals surface area contributed by atoms with Crippen LogP contribution in [0.2, 0.25) is 0 Å². The van der Waals surface area contributed by atoms with Crippen LogP contribution in [0.25, 0.3) is 0 Å². The van der Waals surface area contributed by atoms with Crippen molar-refractivity contribution >= 4 is 12.0 Å². The van der Waals surface area contributed by atoms with E-state index in [9.17, 15) is 9.59 Å². The number of carboxylic acids is 1. The average Bonchev–Trinajstić information content (AvgIpc) is 2.78. The summed E-state index contributed by atoms with van der Waals surface area (Å²) in [5, 5.41) is 25.2. The number of carboxylic acid groups (broad SMARTS) is 1. The molecule has 0 unspecified atom stereocenters. The van der Waals surface area contributed by atoms with Crippen molar-refractivity contribution in [3.8, 4) is 0 Å². The number of nitrogens with one attached hydrogen (secondary N) is 2. The third-order valence-electron chi connectivity index (χ3n) is 1.77. The molecule has 1 aromatic rings. The Hall–Kier alpha value is -2.16. The van der Waals surface area contributed by atoms with Gasteiger partial charge in [-0.2, -0.15) is 4.98 Å². The predicted molar refractivity (Wildman–Crippen MR) is 53.0 cm³/mol. The van der Waals surface area contributed by atoms with E-state index in [-0.39, 0.29) is 13.1 Å². The highest BCUT2D eigenvalue weighted by Crippen LogP contribution is 1.90. The molecule has 1 rings (SSSR count). The first-order chi connectivity index (χ1) is 8.09. The Labute approximate surface area is 95.8 Å². The van der Waals surface area contributed by atoms with Gasteiger partial charge in [0.1, 0.15) is 0 Å². The van der Waals surface area contributed by atoms with Crippen LogP contribution in [0.4, 0.5) is 4.79 Å². The van der Waals surface area contributed by atoms with Gasteiger partial charge in [0, 0.05) is 13.0 Å². The number of nitrogens with zero attached hydrogens (tertiary/aromatic N) is 2. The van der Waals surface area contributed by atoms with E-state index in [2.05, 4.69) is 20.8 Å². The largest absolute Gasteiger partial charge is 0.479 e. The first-order valence-electron chi connectivity index (χ1n) is 4.77. The van der Waals surface area contributed by atoms with Gasteiger partial charge in [-0.1, -0.05) is 5.16 Å². The number of carbonyl (C=O) groups excluding carboxylic acids is 1. The smallest absolute Gasteiger partial charge is 0.334 e. The van der Waals surface area contributed by atoms with Crippen molar-refractivity contribution < 1.29 is 24.3 Å². The van der Waals surface area contributed by atoms with Crippen LogP contribution in [-0.4, -0.2) is 51.5 Å². The maximum atomic E-state index is 11.1. The molecule has 0 saturated heterocycles. The second kappa shape index (κ2) is 6.43. The van der Waals surface area contributed by atoms with Gasteiger partial charge >= 0.3 is 12.0 Å². The van der Waals surface area contributed by atoms with E-state index < -0.39 is 18.1 Å². The Balaban J connectivity index is 2.11. The molecule has 0 aliphatic carbocycles. The lowest BCUT2D eigenvalue weighted by molar-refractivity contribution is -0.146. The lowest BCUT2D eigenvalue weighted by Gasteiger charge is -2.08. The molecule has 1 aromatic heterocycles.